The Morgan fingerprint density at radius 1 is 0.846 bits per heavy atom. The number of pyridine rings is 2. The molecule has 2 heterocycles. The summed E-state index contributed by atoms with van der Waals surface area (Å²) in [5.74, 6) is 4.38. The Balaban J connectivity index is 1.27. The Morgan fingerprint density at radius 2 is 1.56 bits per heavy atom. The van der Waals surface area contributed by atoms with Crippen LogP contribution in [-0.4, -0.2) is 9.97 Å². The molecule has 0 spiro atoms. The summed E-state index contributed by atoms with van der Waals surface area (Å²) >= 11 is 0. The number of terminal acetylenes is 1. The van der Waals surface area contributed by atoms with Gasteiger partial charge in [-0.25, -0.2) is 0 Å². The Bertz CT molecular complexity index is 1360. The van der Waals surface area contributed by atoms with E-state index >= 15 is 0 Å². The normalized spacial score (nSPS) is 17.7. The highest BCUT2D eigenvalue weighted by Crippen LogP contribution is 2.43. The van der Waals surface area contributed by atoms with Gasteiger partial charge in [-0.05, 0) is 110 Å². The standard InChI is InChI=1S/C37H38N2/c1-3-29-15-20-36(39-27-29)26-32-13-18-35(19-14-32)37(28(2)9-10-30-7-5-4-6-8-30)34-16-11-31(12-17-34)25-33-21-23-38-24-22-33/h1,4-8,11-12,15-17,20-24,27,32,35,37H,2,9-10,13-14,18-19,25-26H2. The van der Waals surface area contributed by atoms with Crippen LogP contribution in [0.5, 0.6) is 0 Å². The molecule has 2 nitrogen and oxygen atoms in total. The van der Waals surface area contributed by atoms with Crippen LogP contribution in [0.3, 0.4) is 0 Å². The number of hydrogen-bond acceptors (Lipinski definition) is 2. The predicted octanol–water partition coefficient (Wildman–Crippen LogP) is 8.37. The van der Waals surface area contributed by atoms with Crippen LogP contribution in [0.1, 0.15) is 71.5 Å². The fourth-order valence-electron chi connectivity index (χ4n) is 6.18. The Labute approximate surface area is 234 Å². The molecule has 5 rings (SSSR count). The molecule has 0 amide bonds. The molecule has 2 aromatic heterocycles. The van der Waals surface area contributed by atoms with E-state index < -0.39 is 0 Å². The Hall–Kier alpha value is -3.96. The van der Waals surface area contributed by atoms with E-state index in [1.54, 1.807) is 0 Å². The molecule has 1 aliphatic rings. The highest BCUT2D eigenvalue weighted by atomic mass is 14.7. The topological polar surface area (TPSA) is 25.8 Å². The quantitative estimate of drug-likeness (QED) is 0.158. The molecule has 39 heavy (non-hydrogen) atoms. The van der Waals surface area contributed by atoms with Gasteiger partial charge in [0, 0.05) is 35.8 Å². The number of nitrogens with zero attached hydrogens (tertiary/aromatic N) is 2. The summed E-state index contributed by atoms with van der Waals surface area (Å²) in [6.45, 7) is 4.68. The molecule has 1 saturated carbocycles. The van der Waals surface area contributed by atoms with Gasteiger partial charge in [-0.15, -0.1) is 6.42 Å². The smallest absolute Gasteiger partial charge is 0.0427 e. The number of aromatic nitrogens is 2. The summed E-state index contributed by atoms with van der Waals surface area (Å²) in [5.41, 5.74) is 8.82. The summed E-state index contributed by atoms with van der Waals surface area (Å²) in [7, 11) is 0. The zero-order valence-corrected chi connectivity index (χ0v) is 22.8. The lowest BCUT2D eigenvalue weighted by Crippen LogP contribution is -2.23. The molecule has 0 bridgehead atoms. The lowest BCUT2D eigenvalue weighted by molar-refractivity contribution is 0.251. The molecule has 1 aliphatic carbocycles. The molecule has 2 heteroatoms. The fraction of sp³-hybridized carbons (Fsp3) is 0.297. The first kappa shape index (κ1) is 26.6. The molecule has 0 aliphatic heterocycles. The molecular formula is C37H38N2. The van der Waals surface area contributed by atoms with Crippen molar-refractivity contribution in [2.45, 2.75) is 57.3 Å². The summed E-state index contributed by atoms with van der Waals surface area (Å²) in [6, 6.07) is 28.5. The summed E-state index contributed by atoms with van der Waals surface area (Å²) in [5, 5.41) is 0. The zero-order valence-electron chi connectivity index (χ0n) is 22.8. The van der Waals surface area contributed by atoms with E-state index in [-0.39, 0.29) is 0 Å². The average Bonchev–Trinajstić information content (AvgIpc) is 2.99. The van der Waals surface area contributed by atoms with Gasteiger partial charge in [0.1, 0.15) is 0 Å². The van der Waals surface area contributed by atoms with Crippen LogP contribution < -0.4 is 0 Å². The lowest BCUT2D eigenvalue weighted by atomic mass is 9.69. The zero-order chi connectivity index (χ0) is 26.9. The summed E-state index contributed by atoms with van der Waals surface area (Å²) < 4.78 is 0. The van der Waals surface area contributed by atoms with Crippen LogP contribution >= 0.6 is 0 Å². The minimum absolute atomic E-state index is 0.401. The van der Waals surface area contributed by atoms with E-state index in [9.17, 15) is 0 Å². The highest BCUT2D eigenvalue weighted by Gasteiger charge is 2.30. The van der Waals surface area contributed by atoms with Crippen LogP contribution in [0.4, 0.5) is 0 Å². The third kappa shape index (κ3) is 7.33. The second-order valence-corrected chi connectivity index (χ2v) is 11.1. The monoisotopic (exact) mass is 510 g/mol. The summed E-state index contributed by atoms with van der Waals surface area (Å²) in [4.78, 5) is 8.75. The molecule has 1 unspecified atom stereocenters. The molecule has 4 aromatic rings. The summed E-state index contributed by atoms with van der Waals surface area (Å²) in [6.07, 6.45) is 20.1. The fourth-order valence-corrected chi connectivity index (χ4v) is 6.18. The van der Waals surface area contributed by atoms with Gasteiger partial charge in [0.05, 0.1) is 0 Å². The van der Waals surface area contributed by atoms with Gasteiger partial charge in [0.2, 0.25) is 0 Å². The van der Waals surface area contributed by atoms with Crippen LogP contribution in [-0.2, 0) is 19.3 Å². The van der Waals surface area contributed by atoms with Crippen molar-refractivity contribution in [3.63, 3.8) is 0 Å². The minimum atomic E-state index is 0.401. The predicted molar refractivity (Wildman–Crippen MR) is 161 cm³/mol. The van der Waals surface area contributed by atoms with Crippen LogP contribution in [0, 0.1) is 24.2 Å². The van der Waals surface area contributed by atoms with Crippen molar-refractivity contribution in [3.8, 4) is 12.3 Å². The SMILES string of the molecule is C#Cc1ccc(CC2CCC(C(C(=C)CCc3ccccc3)c3ccc(Cc4ccncc4)cc3)CC2)nc1. The molecule has 196 valence electrons. The molecule has 1 fully saturated rings. The van der Waals surface area contributed by atoms with Crippen LogP contribution in [0.25, 0.3) is 0 Å². The van der Waals surface area contributed by atoms with E-state index in [1.165, 1.54) is 53.5 Å². The second kappa shape index (κ2) is 13.2. The largest absolute Gasteiger partial charge is 0.265 e. The maximum Gasteiger partial charge on any atom is 0.0427 e. The molecule has 1 atom stereocenters. The van der Waals surface area contributed by atoms with Gasteiger partial charge in [-0.2, -0.15) is 0 Å². The molecule has 2 aromatic carbocycles. The molecular weight excluding hydrogens is 472 g/mol. The van der Waals surface area contributed by atoms with Gasteiger partial charge in [0.15, 0.2) is 0 Å². The number of benzene rings is 2. The van der Waals surface area contributed by atoms with Gasteiger partial charge >= 0.3 is 0 Å². The van der Waals surface area contributed by atoms with Crippen molar-refractivity contribution >= 4 is 0 Å². The molecule has 0 N–H and O–H groups in total. The number of rotatable bonds is 10. The van der Waals surface area contributed by atoms with Crippen molar-refractivity contribution in [3.05, 3.63) is 143 Å². The van der Waals surface area contributed by atoms with E-state index in [1.807, 2.05) is 24.7 Å². The van der Waals surface area contributed by atoms with Crippen LogP contribution in [0.2, 0.25) is 0 Å². The van der Waals surface area contributed by atoms with Gasteiger partial charge in [0.25, 0.3) is 0 Å². The molecule has 0 radical (unpaired) electrons. The van der Waals surface area contributed by atoms with Crippen molar-refractivity contribution in [1.82, 2.24) is 9.97 Å². The third-order valence-electron chi connectivity index (χ3n) is 8.37. The maximum atomic E-state index is 5.50. The van der Waals surface area contributed by atoms with E-state index in [0.717, 1.165) is 36.9 Å². The van der Waals surface area contributed by atoms with Gasteiger partial charge < -0.3 is 0 Å². The first-order valence-corrected chi connectivity index (χ1v) is 14.3. The Kier molecular flexibility index (Phi) is 9.02. The van der Waals surface area contributed by atoms with Crippen molar-refractivity contribution < 1.29 is 0 Å². The first-order chi connectivity index (χ1) is 19.2. The number of hydrogen-bond donors (Lipinski definition) is 0. The maximum absolute atomic E-state index is 5.50. The molecule has 0 saturated heterocycles. The number of allylic oxidation sites excluding steroid dienone is 1. The first-order valence-electron chi connectivity index (χ1n) is 14.3. The van der Waals surface area contributed by atoms with Crippen molar-refractivity contribution in [2.24, 2.45) is 11.8 Å². The number of aryl methyl sites for hydroxylation is 1. The van der Waals surface area contributed by atoms with Crippen LogP contribution in [0.15, 0.2) is 110 Å². The lowest BCUT2D eigenvalue weighted by Gasteiger charge is -2.35. The minimum Gasteiger partial charge on any atom is -0.265 e. The third-order valence-corrected chi connectivity index (χ3v) is 8.37. The second-order valence-electron chi connectivity index (χ2n) is 11.1. The van der Waals surface area contributed by atoms with Gasteiger partial charge in [-0.1, -0.05) is 72.7 Å². The average molecular weight is 511 g/mol. The Morgan fingerprint density at radius 3 is 2.23 bits per heavy atom. The van der Waals surface area contributed by atoms with Crippen molar-refractivity contribution in [1.29, 1.82) is 0 Å². The van der Waals surface area contributed by atoms with E-state index in [4.69, 9.17) is 6.42 Å². The van der Waals surface area contributed by atoms with Gasteiger partial charge in [-0.3, -0.25) is 9.97 Å². The van der Waals surface area contributed by atoms with E-state index in [0.29, 0.717) is 17.8 Å². The highest BCUT2D eigenvalue weighted by molar-refractivity contribution is 5.35. The van der Waals surface area contributed by atoms with E-state index in [2.05, 4.69) is 95.3 Å². The van der Waals surface area contributed by atoms with Crippen molar-refractivity contribution in [2.75, 3.05) is 0 Å².